The van der Waals surface area contributed by atoms with E-state index in [0.29, 0.717) is 11.3 Å². The van der Waals surface area contributed by atoms with Crippen LogP contribution in [0.1, 0.15) is 28.3 Å². The van der Waals surface area contributed by atoms with Crippen molar-refractivity contribution in [3.63, 3.8) is 0 Å². The van der Waals surface area contributed by atoms with Gasteiger partial charge in [-0.3, -0.25) is 9.48 Å². The maximum absolute atomic E-state index is 14.9. The molecule has 13 heteroatoms. The number of halogens is 4. The first-order chi connectivity index (χ1) is 17.5. The average Bonchev–Trinajstić information content (AvgIpc) is 3.19. The van der Waals surface area contributed by atoms with Crippen LogP contribution in [0.3, 0.4) is 0 Å². The van der Waals surface area contributed by atoms with Crippen LogP contribution < -0.4 is 15.4 Å². The fourth-order valence-corrected chi connectivity index (χ4v) is 5.76. The normalized spacial score (nSPS) is 20.1. The Balaban J connectivity index is 1.58. The van der Waals surface area contributed by atoms with Crippen LogP contribution in [0.4, 0.5) is 13.2 Å². The van der Waals surface area contributed by atoms with Crippen molar-refractivity contribution in [1.82, 2.24) is 25.1 Å². The van der Waals surface area contributed by atoms with Crippen molar-refractivity contribution in [1.29, 1.82) is 0 Å². The molecule has 3 N–H and O–H groups in total. The number of hydrogen-bond acceptors (Lipinski definition) is 5. The molecule has 0 bridgehead atoms. The Kier molecular flexibility index (Phi) is 7.93. The quantitative estimate of drug-likeness (QED) is 0.416. The third-order valence-corrected chi connectivity index (χ3v) is 8.19. The second-order valence-corrected chi connectivity index (χ2v) is 11.2. The van der Waals surface area contributed by atoms with Crippen molar-refractivity contribution in [2.45, 2.75) is 24.4 Å². The van der Waals surface area contributed by atoms with E-state index in [1.165, 1.54) is 36.1 Å². The van der Waals surface area contributed by atoms with Crippen molar-refractivity contribution < 1.29 is 26.4 Å². The molecule has 2 aromatic carbocycles. The lowest BCUT2D eigenvalue weighted by Gasteiger charge is -2.37. The van der Waals surface area contributed by atoms with Gasteiger partial charge in [-0.05, 0) is 49.4 Å². The molecule has 1 saturated heterocycles. The maximum Gasteiger partial charge on any atom is 0.251 e. The summed E-state index contributed by atoms with van der Waals surface area (Å²) in [6.45, 7) is 0.157. The lowest BCUT2D eigenvalue weighted by molar-refractivity contribution is 0.0920. The molecule has 3 aromatic rings. The van der Waals surface area contributed by atoms with E-state index in [2.05, 4.69) is 20.5 Å². The Bertz CT molecular complexity index is 1410. The summed E-state index contributed by atoms with van der Waals surface area (Å²) in [7, 11) is -0.626. The van der Waals surface area contributed by atoms with E-state index >= 15 is 0 Å². The summed E-state index contributed by atoms with van der Waals surface area (Å²) in [5.74, 6) is -4.08. The summed E-state index contributed by atoms with van der Waals surface area (Å²) in [6.07, 6.45) is 1.61. The van der Waals surface area contributed by atoms with Crippen LogP contribution in [0.25, 0.3) is 11.3 Å². The molecular formula is C24H25ClF3N5O3S. The highest BCUT2D eigenvalue weighted by Gasteiger charge is 2.35. The topological polar surface area (TPSA) is 105 Å². The zero-order valence-electron chi connectivity index (χ0n) is 19.9. The van der Waals surface area contributed by atoms with Crippen molar-refractivity contribution in [3.05, 3.63) is 76.2 Å². The minimum Gasteiger partial charge on any atom is -0.347 e. The molecule has 1 unspecified atom stereocenters. The van der Waals surface area contributed by atoms with Gasteiger partial charge >= 0.3 is 0 Å². The van der Waals surface area contributed by atoms with Crippen LogP contribution in [0, 0.1) is 17.5 Å². The number of carbonyl (C=O) groups is 1. The third kappa shape index (κ3) is 5.98. The fourth-order valence-electron chi connectivity index (χ4n) is 4.54. The van der Waals surface area contributed by atoms with Crippen LogP contribution >= 0.6 is 11.6 Å². The Morgan fingerprint density at radius 2 is 1.92 bits per heavy atom. The van der Waals surface area contributed by atoms with Crippen molar-refractivity contribution >= 4 is 27.5 Å². The Morgan fingerprint density at radius 3 is 2.54 bits per heavy atom. The maximum atomic E-state index is 14.9. The van der Waals surface area contributed by atoms with Gasteiger partial charge in [0.15, 0.2) is 11.6 Å². The molecule has 1 amide bonds. The monoisotopic (exact) mass is 555 g/mol. The van der Waals surface area contributed by atoms with Crippen LogP contribution in [-0.2, 0) is 17.1 Å². The molecule has 1 aliphatic rings. The molecule has 8 nitrogen and oxygen atoms in total. The standard InChI is InChI=1S/C24H25ClF3N5O3S/c1-29-37(35,36)12-15-9-17(13-4-6-19(26)21(28)7-13)22(11-30-15)32-24(34)14-3-5-16(20(27)8-14)23-18(25)10-31-33(23)2/h3-8,10,15,17,22,29-30H,9,11-12H2,1-2H3,(H,32,34)/t15?,17-,22+/m0/s1. The molecule has 4 rings (SSSR count). The number of carbonyl (C=O) groups excluding carboxylic acids is 1. The van der Waals surface area contributed by atoms with Gasteiger partial charge in [0.05, 0.1) is 22.7 Å². The van der Waals surface area contributed by atoms with Gasteiger partial charge in [-0.15, -0.1) is 0 Å². The predicted molar refractivity (Wildman–Crippen MR) is 133 cm³/mol. The molecule has 0 saturated carbocycles. The number of aryl methyl sites for hydroxylation is 1. The molecule has 0 radical (unpaired) electrons. The summed E-state index contributed by atoms with van der Waals surface area (Å²) < 4.78 is 70.3. The first kappa shape index (κ1) is 27.1. The lowest BCUT2D eigenvalue weighted by Crippen LogP contribution is -2.55. The molecule has 1 fully saturated rings. The Morgan fingerprint density at radius 1 is 1.16 bits per heavy atom. The highest BCUT2D eigenvalue weighted by Crippen LogP contribution is 2.32. The van der Waals surface area contributed by atoms with Crippen LogP contribution in [-0.4, -0.2) is 55.5 Å². The number of hydrogen-bond donors (Lipinski definition) is 3. The average molecular weight is 556 g/mol. The van der Waals surface area contributed by atoms with E-state index in [1.807, 2.05) is 0 Å². The smallest absolute Gasteiger partial charge is 0.251 e. The third-order valence-electron chi connectivity index (χ3n) is 6.45. The molecule has 1 aliphatic heterocycles. The Hall–Kier alpha value is -2.93. The van der Waals surface area contributed by atoms with E-state index in [9.17, 15) is 26.4 Å². The summed E-state index contributed by atoms with van der Waals surface area (Å²) in [4.78, 5) is 13.1. The summed E-state index contributed by atoms with van der Waals surface area (Å²) in [5, 5.41) is 10.2. The summed E-state index contributed by atoms with van der Waals surface area (Å²) >= 11 is 6.11. The number of piperidine rings is 1. The number of benzene rings is 2. The minimum absolute atomic E-state index is 0.0449. The molecule has 2 heterocycles. The molecule has 0 aliphatic carbocycles. The first-order valence-corrected chi connectivity index (χ1v) is 13.4. The SMILES string of the molecule is CNS(=O)(=O)CC1C[C@@H](c2ccc(F)c(F)c2)[C@H](NC(=O)c2ccc(-c3c(Cl)cnn3C)c(F)c2)CN1. The van der Waals surface area contributed by atoms with Gasteiger partial charge in [-0.1, -0.05) is 17.7 Å². The number of nitrogens with one attached hydrogen (secondary N) is 3. The van der Waals surface area contributed by atoms with Gasteiger partial charge in [-0.25, -0.2) is 26.3 Å². The molecule has 1 aromatic heterocycles. The second-order valence-electron chi connectivity index (χ2n) is 8.85. The molecule has 37 heavy (non-hydrogen) atoms. The van der Waals surface area contributed by atoms with Crippen molar-refractivity contribution in [2.75, 3.05) is 19.3 Å². The lowest BCUT2D eigenvalue weighted by atomic mass is 9.83. The van der Waals surface area contributed by atoms with Gasteiger partial charge in [-0.2, -0.15) is 5.10 Å². The van der Waals surface area contributed by atoms with E-state index < -0.39 is 51.4 Å². The van der Waals surface area contributed by atoms with E-state index in [1.54, 1.807) is 7.05 Å². The largest absolute Gasteiger partial charge is 0.347 e. The number of nitrogens with zero attached hydrogens (tertiary/aromatic N) is 2. The number of rotatable bonds is 7. The molecule has 0 spiro atoms. The fraction of sp³-hybridized carbons (Fsp3) is 0.333. The van der Waals surface area contributed by atoms with Gasteiger partial charge in [0.25, 0.3) is 5.91 Å². The van der Waals surface area contributed by atoms with E-state index in [-0.39, 0.29) is 34.9 Å². The minimum atomic E-state index is -3.55. The first-order valence-electron chi connectivity index (χ1n) is 11.4. The summed E-state index contributed by atoms with van der Waals surface area (Å²) in [5.41, 5.74) is 0.992. The van der Waals surface area contributed by atoms with E-state index in [4.69, 9.17) is 11.6 Å². The van der Waals surface area contributed by atoms with Crippen LogP contribution in [0.15, 0.2) is 42.6 Å². The second kappa shape index (κ2) is 10.8. The van der Waals surface area contributed by atoms with Gasteiger partial charge in [0.2, 0.25) is 10.0 Å². The molecule has 3 atom stereocenters. The highest BCUT2D eigenvalue weighted by molar-refractivity contribution is 7.89. The highest BCUT2D eigenvalue weighted by atomic mass is 35.5. The molecular weight excluding hydrogens is 531 g/mol. The number of aromatic nitrogens is 2. The number of amides is 1. The zero-order valence-corrected chi connectivity index (χ0v) is 21.5. The zero-order chi connectivity index (χ0) is 26.9. The van der Waals surface area contributed by atoms with Crippen LogP contribution in [0.5, 0.6) is 0 Å². The van der Waals surface area contributed by atoms with Gasteiger partial charge < -0.3 is 10.6 Å². The van der Waals surface area contributed by atoms with Crippen molar-refractivity contribution in [3.8, 4) is 11.3 Å². The predicted octanol–water partition coefficient (Wildman–Crippen LogP) is 2.95. The van der Waals surface area contributed by atoms with Gasteiger partial charge in [0, 0.05) is 42.7 Å². The Labute approximate surface area is 217 Å². The summed E-state index contributed by atoms with van der Waals surface area (Å²) in [6, 6.07) is 6.29. The van der Waals surface area contributed by atoms with Crippen molar-refractivity contribution in [2.24, 2.45) is 7.05 Å². The van der Waals surface area contributed by atoms with E-state index in [0.717, 1.165) is 18.2 Å². The number of sulfonamides is 1. The van der Waals surface area contributed by atoms with Crippen LogP contribution in [0.2, 0.25) is 5.02 Å². The van der Waals surface area contributed by atoms with Gasteiger partial charge in [0.1, 0.15) is 5.82 Å². The molecule has 198 valence electrons.